The molecule has 1 amide bonds. The average Bonchev–Trinajstić information content (AvgIpc) is 3.09. The number of benzene rings is 1. The number of ether oxygens (including phenoxy) is 1. The Labute approximate surface area is 157 Å². The molecule has 8 heteroatoms. The molecule has 2 heterocycles. The van der Waals surface area contributed by atoms with E-state index in [4.69, 9.17) is 4.74 Å². The molecule has 1 saturated heterocycles. The number of para-hydroxylation sites is 2. The monoisotopic (exact) mass is 394 g/mol. The van der Waals surface area contributed by atoms with E-state index in [-0.39, 0.29) is 18.4 Å². The van der Waals surface area contributed by atoms with E-state index in [2.05, 4.69) is 5.32 Å². The maximum absolute atomic E-state index is 12.9. The summed E-state index contributed by atoms with van der Waals surface area (Å²) in [6.45, 7) is 2.43. The molecule has 6 nitrogen and oxygen atoms in total. The van der Waals surface area contributed by atoms with Gasteiger partial charge in [-0.1, -0.05) is 12.1 Å². The van der Waals surface area contributed by atoms with Crippen LogP contribution in [0.3, 0.4) is 0 Å². The van der Waals surface area contributed by atoms with Crippen LogP contribution in [0.5, 0.6) is 5.75 Å². The zero-order valence-corrected chi connectivity index (χ0v) is 16.4. The summed E-state index contributed by atoms with van der Waals surface area (Å²) in [6.07, 6.45) is 1.32. The largest absolute Gasteiger partial charge is 0.495 e. The first-order chi connectivity index (χ1) is 12.4. The Kier molecular flexibility index (Phi) is 5.64. The molecule has 0 aliphatic carbocycles. The molecule has 0 radical (unpaired) electrons. The molecule has 1 unspecified atom stereocenters. The minimum absolute atomic E-state index is 0.183. The molecule has 1 N–H and O–H groups in total. The minimum Gasteiger partial charge on any atom is -0.495 e. The summed E-state index contributed by atoms with van der Waals surface area (Å²) in [4.78, 5) is 12.7. The number of carbonyl (C=O) groups excluding carboxylic acids is 1. The standard InChI is InChI=1S/C18H22N2O4S2/c1-13-9-11-25-18(13)26(22,23)20-10-5-6-14(12-20)17(21)19-15-7-3-4-8-16(15)24-2/h3-4,7-9,11,14H,5-6,10,12H2,1-2H3,(H,19,21). The maximum atomic E-state index is 12.9. The van der Waals surface area contributed by atoms with E-state index >= 15 is 0 Å². The van der Waals surface area contributed by atoms with Crippen molar-refractivity contribution in [2.45, 2.75) is 24.0 Å². The predicted molar refractivity (Wildman–Crippen MR) is 102 cm³/mol. The Morgan fingerprint density at radius 1 is 1.31 bits per heavy atom. The van der Waals surface area contributed by atoms with E-state index in [1.54, 1.807) is 37.6 Å². The highest BCUT2D eigenvalue weighted by Gasteiger charge is 2.34. The maximum Gasteiger partial charge on any atom is 0.252 e. The van der Waals surface area contributed by atoms with Crippen LogP contribution in [0.2, 0.25) is 0 Å². The number of sulfonamides is 1. The zero-order chi connectivity index (χ0) is 18.7. The molecule has 0 spiro atoms. The van der Waals surface area contributed by atoms with Crippen molar-refractivity contribution in [1.29, 1.82) is 0 Å². The van der Waals surface area contributed by atoms with E-state index < -0.39 is 10.0 Å². The number of rotatable bonds is 5. The average molecular weight is 395 g/mol. The molecule has 0 bridgehead atoms. The predicted octanol–water partition coefficient (Wildman–Crippen LogP) is 3.10. The number of methoxy groups -OCH3 is 1. The van der Waals surface area contributed by atoms with Crippen molar-refractivity contribution in [3.05, 3.63) is 41.3 Å². The lowest BCUT2D eigenvalue weighted by Crippen LogP contribution is -2.43. The number of nitrogens with zero attached hydrogens (tertiary/aromatic N) is 1. The van der Waals surface area contributed by atoms with Gasteiger partial charge >= 0.3 is 0 Å². The summed E-state index contributed by atoms with van der Waals surface area (Å²) in [5.74, 6) is 0.0105. The SMILES string of the molecule is COc1ccccc1NC(=O)C1CCCN(S(=O)(=O)c2sccc2C)C1. The van der Waals surface area contributed by atoms with E-state index in [1.165, 1.54) is 15.6 Å². The van der Waals surface area contributed by atoms with Gasteiger partial charge in [0.1, 0.15) is 9.96 Å². The van der Waals surface area contributed by atoms with E-state index in [1.807, 2.05) is 12.1 Å². The van der Waals surface area contributed by atoms with Gasteiger partial charge in [0.05, 0.1) is 18.7 Å². The molecule has 0 saturated carbocycles. The molecule has 1 atom stereocenters. The molecule has 1 fully saturated rings. The van der Waals surface area contributed by atoms with Gasteiger partial charge in [0.25, 0.3) is 10.0 Å². The number of anilines is 1. The molecule has 1 aliphatic heterocycles. The second-order valence-electron chi connectivity index (χ2n) is 6.28. The van der Waals surface area contributed by atoms with Gasteiger partial charge in [0.2, 0.25) is 5.91 Å². The fourth-order valence-electron chi connectivity index (χ4n) is 3.10. The number of piperidine rings is 1. The Morgan fingerprint density at radius 2 is 2.08 bits per heavy atom. The highest BCUT2D eigenvalue weighted by molar-refractivity contribution is 7.91. The Hall–Kier alpha value is -1.90. The van der Waals surface area contributed by atoms with Crippen LogP contribution >= 0.6 is 11.3 Å². The topological polar surface area (TPSA) is 75.7 Å². The van der Waals surface area contributed by atoms with Gasteiger partial charge in [-0.25, -0.2) is 8.42 Å². The molecule has 26 heavy (non-hydrogen) atoms. The summed E-state index contributed by atoms with van der Waals surface area (Å²) in [7, 11) is -2.01. The van der Waals surface area contributed by atoms with Crippen molar-refractivity contribution < 1.29 is 17.9 Å². The first-order valence-corrected chi connectivity index (χ1v) is 10.7. The Bertz CT molecular complexity index is 892. The summed E-state index contributed by atoms with van der Waals surface area (Å²) in [5, 5.41) is 4.64. The van der Waals surface area contributed by atoms with Crippen LogP contribution in [0, 0.1) is 12.8 Å². The van der Waals surface area contributed by atoms with Gasteiger partial charge in [-0.05, 0) is 48.9 Å². The van der Waals surface area contributed by atoms with Crippen LogP contribution < -0.4 is 10.1 Å². The highest BCUT2D eigenvalue weighted by Crippen LogP contribution is 2.30. The third-order valence-electron chi connectivity index (χ3n) is 4.51. The van der Waals surface area contributed by atoms with Gasteiger partial charge in [0, 0.05) is 13.1 Å². The van der Waals surface area contributed by atoms with Gasteiger partial charge in [-0.3, -0.25) is 4.79 Å². The molecule has 3 rings (SSSR count). The number of carbonyl (C=O) groups is 1. The highest BCUT2D eigenvalue weighted by atomic mass is 32.2. The van der Waals surface area contributed by atoms with Crippen molar-refractivity contribution >= 4 is 33.0 Å². The number of hydrogen-bond acceptors (Lipinski definition) is 5. The van der Waals surface area contributed by atoms with E-state index in [0.29, 0.717) is 35.0 Å². The Balaban J connectivity index is 1.74. The number of nitrogens with one attached hydrogen (secondary N) is 1. The van der Waals surface area contributed by atoms with Gasteiger partial charge < -0.3 is 10.1 Å². The fraction of sp³-hybridized carbons (Fsp3) is 0.389. The molecule has 140 valence electrons. The van der Waals surface area contributed by atoms with Crippen molar-refractivity contribution in [3.63, 3.8) is 0 Å². The van der Waals surface area contributed by atoms with Gasteiger partial charge in [-0.2, -0.15) is 4.31 Å². The molecule has 1 aliphatic rings. The second-order valence-corrected chi connectivity index (χ2v) is 9.33. The first-order valence-electron chi connectivity index (χ1n) is 8.41. The molecular formula is C18H22N2O4S2. The number of hydrogen-bond donors (Lipinski definition) is 1. The normalized spacial score (nSPS) is 18.5. The number of amides is 1. The molecular weight excluding hydrogens is 372 g/mol. The lowest BCUT2D eigenvalue weighted by molar-refractivity contribution is -0.120. The summed E-state index contributed by atoms with van der Waals surface area (Å²) in [6, 6.07) is 8.98. The summed E-state index contributed by atoms with van der Waals surface area (Å²) >= 11 is 1.22. The molecule has 2 aromatic rings. The van der Waals surface area contributed by atoms with Crippen LogP contribution in [0.15, 0.2) is 39.9 Å². The minimum atomic E-state index is -3.55. The lowest BCUT2D eigenvalue weighted by atomic mass is 9.98. The van der Waals surface area contributed by atoms with Crippen molar-refractivity contribution in [1.82, 2.24) is 4.31 Å². The van der Waals surface area contributed by atoms with Crippen LogP contribution in [-0.4, -0.2) is 38.8 Å². The van der Waals surface area contributed by atoms with E-state index in [0.717, 1.165) is 5.56 Å². The quantitative estimate of drug-likeness (QED) is 0.845. The first kappa shape index (κ1) is 18.9. The number of aryl methyl sites for hydroxylation is 1. The smallest absolute Gasteiger partial charge is 0.252 e. The number of thiophene rings is 1. The van der Waals surface area contributed by atoms with Crippen molar-refractivity contribution in [2.24, 2.45) is 5.92 Å². The van der Waals surface area contributed by atoms with Crippen molar-refractivity contribution in [3.8, 4) is 5.75 Å². The third-order valence-corrected chi connectivity index (χ3v) is 8.04. The third kappa shape index (κ3) is 3.77. The van der Waals surface area contributed by atoms with Crippen molar-refractivity contribution in [2.75, 3.05) is 25.5 Å². The van der Waals surface area contributed by atoms with Crippen LogP contribution in [0.4, 0.5) is 5.69 Å². The zero-order valence-electron chi connectivity index (χ0n) is 14.8. The van der Waals surface area contributed by atoms with Gasteiger partial charge in [-0.15, -0.1) is 11.3 Å². The van der Waals surface area contributed by atoms with Crippen LogP contribution in [0.25, 0.3) is 0 Å². The summed E-state index contributed by atoms with van der Waals surface area (Å²) < 4.78 is 32.8. The van der Waals surface area contributed by atoms with Crippen LogP contribution in [0.1, 0.15) is 18.4 Å². The fourth-order valence-corrected chi connectivity index (χ4v) is 6.17. The van der Waals surface area contributed by atoms with Crippen LogP contribution in [-0.2, 0) is 14.8 Å². The second kappa shape index (κ2) is 7.77. The molecule has 1 aromatic carbocycles. The Morgan fingerprint density at radius 3 is 2.77 bits per heavy atom. The van der Waals surface area contributed by atoms with E-state index in [9.17, 15) is 13.2 Å². The lowest BCUT2D eigenvalue weighted by Gasteiger charge is -2.31. The van der Waals surface area contributed by atoms with Gasteiger partial charge in [0.15, 0.2) is 0 Å². The summed E-state index contributed by atoms with van der Waals surface area (Å²) in [5.41, 5.74) is 1.34. The molecule has 1 aromatic heterocycles.